The van der Waals surface area contributed by atoms with E-state index in [4.69, 9.17) is 35.4 Å². The van der Waals surface area contributed by atoms with Crippen molar-refractivity contribution in [2.45, 2.75) is 129 Å². The Labute approximate surface area is 422 Å². The first-order valence-corrected chi connectivity index (χ1v) is 25.3. The van der Waals surface area contributed by atoms with Gasteiger partial charge in [0.05, 0.1) is 55.2 Å². The molecule has 5 heterocycles. The number of benzene rings is 2. The molecule has 4 aliphatic rings. The first kappa shape index (κ1) is 51.6. The number of anilines is 2. The third-order valence-corrected chi connectivity index (χ3v) is 13.5. The molecule has 5 aromatic rings. The number of aliphatic hydroxyl groups is 1. The van der Waals surface area contributed by atoms with Gasteiger partial charge in [-0.1, -0.05) is 12.1 Å². The smallest absolute Gasteiger partial charge is 0.410 e. The van der Waals surface area contributed by atoms with Gasteiger partial charge in [0.2, 0.25) is 0 Å². The molecule has 2 aliphatic heterocycles. The Morgan fingerprint density at radius 2 is 1.08 bits per heavy atom. The first-order valence-electron chi connectivity index (χ1n) is 25.3. The quantitative estimate of drug-likeness (QED) is 0.0739. The summed E-state index contributed by atoms with van der Waals surface area (Å²) in [5.41, 5.74) is 17.5. The van der Waals surface area contributed by atoms with Crippen LogP contribution < -0.4 is 20.9 Å². The SMILES string of the molecule is CC(C)(C)OC(=O)N1CCC(c2cc(-c3c(O)cccc3OCC3CC3)nc(N)c2CO)CC1.CC(C)(C)OC(=O)N1CCC(c2cc(-c3c(O)cccc3OCC3CC3)nc(N)c2Cn2ccnc2)CC1. The van der Waals surface area contributed by atoms with Crippen molar-refractivity contribution in [2.24, 2.45) is 11.8 Å². The lowest BCUT2D eigenvalue weighted by atomic mass is 9.85. The monoisotopic (exact) mass is 989 g/mol. The highest BCUT2D eigenvalue weighted by Crippen LogP contribution is 2.44. The van der Waals surface area contributed by atoms with Crippen molar-refractivity contribution in [3.63, 3.8) is 0 Å². The van der Waals surface area contributed by atoms with Crippen molar-refractivity contribution >= 4 is 23.8 Å². The van der Waals surface area contributed by atoms with Crippen molar-refractivity contribution in [1.82, 2.24) is 29.3 Å². The number of rotatable bonds is 13. The van der Waals surface area contributed by atoms with Gasteiger partial charge >= 0.3 is 12.2 Å². The van der Waals surface area contributed by atoms with Crippen LogP contribution in [-0.4, -0.2) is 107 Å². The topological polar surface area (TPSA) is 234 Å². The third kappa shape index (κ3) is 13.2. The minimum absolute atomic E-state index is 0.0719. The summed E-state index contributed by atoms with van der Waals surface area (Å²) in [6, 6.07) is 14.4. The molecule has 17 heteroatoms. The molecule has 72 heavy (non-hydrogen) atoms. The maximum Gasteiger partial charge on any atom is 0.410 e. The van der Waals surface area contributed by atoms with Crippen molar-refractivity contribution in [3.8, 4) is 45.5 Å². The number of phenolic OH excluding ortho intramolecular Hbond substituents is 2. The second kappa shape index (κ2) is 21.9. The van der Waals surface area contributed by atoms with Gasteiger partial charge in [-0.3, -0.25) is 0 Å². The second-order valence-corrected chi connectivity index (χ2v) is 21.6. The average Bonchev–Trinajstić information content (AvgIpc) is 4.28. The Morgan fingerprint density at radius 3 is 1.47 bits per heavy atom. The highest BCUT2D eigenvalue weighted by atomic mass is 16.6. The summed E-state index contributed by atoms with van der Waals surface area (Å²) < 4.78 is 25.2. The van der Waals surface area contributed by atoms with Gasteiger partial charge in [-0.15, -0.1) is 0 Å². The molecule has 2 amide bonds. The predicted molar refractivity (Wildman–Crippen MR) is 275 cm³/mol. The van der Waals surface area contributed by atoms with Crippen molar-refractivity contribution < 1.29 is 43.9 Å². The number of aromatic hydroxyl groups is 2. The summed E-state index contributed by atoms with van der Waals surface area (Å²) in [5, 5.41) is 31.6. The maximum atomic E-state index is 12.6. The summed E-state index contributed by atoms with van der Waals surface area (Å²) in [4.78, 5) is 42.0. The fraction of sp³-hybridized carbons (Fsp3) is 0.509. The molecule has 0 atom stereocenters. The fourth-order valence-corrected chi connectivity index (χ4v) is 9.29. The van der Waals surface area contributed by atoms with Crippen molar-refractivity contribution in [2.75, 3.05) is 50.9 Å². The normalized spacial score (nSPS) is 16.7. The molecule has 0 spiro atoms. The van der Waals surface area contributed by atoms with Gasteiger partial charge in [-0.2, -0.15) is 0 Å². The van der Waals surface area contributed by atoms with Crippen LogP contribution in [0.5, 0.6) is 23.0 Å². The number of nitrogens with two attached hydrogens (primary N) is 2. The van der Waals surface area contributed by atoms with Gasteiger partial charge in [0.1, 0.15) is 45.8 Å². The van der Waals surface area contributed by atoms with E-state index < -0.39 is 11.2 Å². The van der Waals surface area contributed by atoms with Gasteiger partial charge in [0, 0.05) is 49.7 Å². The number of hydrogen-bond donors (Lipinski definition) is 5. The average molecular weight is 989 g/mol. The first-order chi connectivity index (χ1) is 34.3. The number of aromatic nitrogens is 4. The highest BCUT2D eigenvalue weighted by molar-refractivity contribution is 5.77. The Hall–Kier alpha value is -6.75. The fourth-order valence-electron chi connectivity index (χ4n) is 9.29. The number of amides is 2. The van der Waals surface area contributed by atoms with E-state index in [2.05, 4.69) is 9.97 Å². The van der Waals surface area contributed by atoms with Crippen LogP contribution in [0.15, 0.2) is 67.3 Å². The highest BCUT2D eigenvalue weighted by Gasteiger charge is 2.33. The summed E-state index contributed by atoms with van der Waals surface area (Å²) in [6.45, 7) is 15.0. The van der Waals surface area contributed by atoms with Gasteiger partial charge < -0.3 is 60.1 Å². The van der Waals surface area contributed by atoms with Gasteiger partial charge in [0.25, 0.3) is 0 Å². The molecule has 2 saturated heterocycles. The Morgan fingerprint density at radius 1 is 0.653 bits per heavy atom. The number of ether oxygens (including phenoxy) is 4. The van der Waals surface area contributed by atoms with E-state index in [1.807, 2.05) is 76.6 Å². The molecule has 7 N–H and O–H groups in total. The molecule has 0 radical (unpaired) electrons. The number of phenols is 2. The van der Waals surface area contributed by atoms with Gasteiger partial charge in [-0.05, 0) is 164 Å². The third-order valence-electron chi connectivity index (χ3n) is 13.5. The Balaban J connectivity index is 0.000000194. The zero-order chi connectivity index (χ0) is 51.3. The number of carbonyl (C=O) groups excluding carboxylic acids is 2. The van der Waals surface area contributed by atoms with E-state index in [1.165, 1.54) is 12.8 Å². The standard InChI is InChI=1S/C29H37N5O4.C26H35N3O5/c1-29(2,3)38-28(36)34-12-9-20(10-13-34)21-15-23(32-27(30)22(21)16-33-14-11-31-18-33)26-24(35)5-4-6-25(26)37-17-19-7-8-19;1-26(2,3)34-25(32)29-11-9-17(10-12-29)18-13-20(28-24(27)19(18)14-30)23-21(31)5-4-6-22(23)33-15-16-7-8-16/h4-6,11,14-15,18-20,35H,7-10,12-13,16-17H2,1-3H3,(H2,30,32);4-6,13,16-17,30-31H,7-12,14-15H2,1-3H3,(H2,27,28). The summed E-state index contributed by atoms with van der Waals surface area (Å²) in [7, 11) is 0. The van der Waals surface area contributed by atoms with Crippen molar-refractivity contribution in [3.05, 3.63) is 89.5 Å². The molecular formula is C55H72N8O9. The number of likely N-dealkylation sites (tertiary alicyclic amines) is 2. The number of aliphatic hydroxyl groups excluding tert-OH is 1. The van der Waals surface area contributed by atoms with Crippen LogP contribution >= 0.6 is 0 Å². The molecule has 0 unspecified atom stereocenters. The number of hydrogen-bond acceptors (Lipinski definition) is 14. The summed E-state index contributed by atoms with van der Waals surface area (Å²) in [6.07, 6.45) is 12.4. The molecule has 386 valence electrons. The summed E-state index contributed by atoms with van der Waals surface area (Å²) in [5.74, 6) is 3.41. The van der Waals surface area contributed by atoms with Crippen molar-refractivity contribution in [1.29, 1.82) is 0 Å². The maximum absolute atomic E-state index is 12.6. The molecule has 2 aliphatic carbocycles. The molecule has 2 aromatic carbocycles. The van der Waals surface area contributed by atoms with Crippen LogP contribution in [0.25, 0.3) is 22.5 Å². The predicted octanol–water partition coefficient (Wildman–Crippen LogP) is 9.62. The largest absolute Gasteiger partial charge is 0.507 e. The second-order valence-electron chi connectivity index (χ2n) is 21.6. The number of nitrogens with zero attached hydrogens (tertiary/aromatic N) is 6. The van der Waals surface area contributed by atoms with Crippen LogP contribution in [0.2, 0.25) is 0 Å². The zero-order valence-corrected chi connectivity index (χ0v) is 42.6. The van der Waals surface area contributed by atoms with E-state index in [0.717, 1.165) is 42.4 Å². The lowest BCUT2D eigenvalue weighted by Gasteiger charge is -2.34. The molecule has 9 rings (SSSR count). The van der Waals surface area contributed by atoms with E-state index in [-0.39, 0.29) is 47.9 Å². The summed E-state index contributed by atoms with van der Waals surface area (Å²) >= 11 is 0. The van der Waals surface area contributed by atoms with Crippen LogP contribution in [0.3, 0.4) is 0 Å². The lowest BCUT2D eigenvalue weighted by molar-refractivity contribution is 0.0194. The minimum atomic E-state index is -0.538. The number of pyridine rings is 2. The molecule has 3 aromatic heterocycles. The van der Waals surface area contributed by atoms with Gasteiger partial charge in [0.15, 0.2) is 0 Å². The molecule has 2 saturated carbocycles. The van der Waals surface area contributed by atoms with Crippen LogP contribution in [-0.2, 0) is 22.6 Å². The lowest BCUT2D eigenvalue weighted by Crippen LogP contribution is -2.41. The van der Waals surface area contributed by atoms with Crippen LogP contribution in [0, 0.1) is 11.8 Å². The zero-order valence-electron chi connectivity index (χ0n) is 42.6. The molecule has 4 fully saturated rings. The molecule has 0 bridgehead atoms. The number of nitrogen functional groups attached to an aromatic ring is 2. The number of imidazole rings is 1. The number of piperidine rings is 2. The minimum Gasteiger partial charge on any atom is -0.507 e. The van der Waals surface area contributed by atoms with E-state index >= 15 is 0 Å². The Kier molecular flexibility index (Phi) is 15.7. The van der Waals surface area contributed by atoms with E-state index in [1.54, 1.807) is 46.6 Å². The van der Waals surface area contributed by atoms with E-state index in [0.29, 0.717) is 116 Å². The van der Waals surface area contributed by atoms with Gasteiger partial charge in [-0.25, -0.2) is 24.5 Å². The molecular weight excluding hydrogens is 917 g/mol. The van der Waals surface area contributed by atoms with E-state index in [9.17, 15) is 24.9 Å². The molecule has 17 nitrogen and oxygen atoms in total. The van der Waals surface area contributed by atoms with Crippen LogP contribution in [0.1, 0.15) is 127 Å². The number of carbonyl (C=O) groups is 2. The van der Waals surface area contributed by atoms with Crippen LogP contribution in [0.4, 0.5) is 21.2 Å². The Bertz CT molecular complexity index is 2670.